The number of rotatable bonds is 12. The van der Waals surface area contributed by atoms with Gasteiger partial charge in [0.15, 0.2) is 0 Å². The number of amides is 3. The average molecular weight is 503 g/mol. The molecule has 0 spiro atoms. The number of benzene rings is 1. The van der Waals surface area contributed by atoms with Crippen LogP contribution in [0.4, 0.5) is 4.79 Å². The zero-order valence-electron chi connectivity index (χ0n) is 22.1. The van der Waals surface area contributed by atoms with E-state index in [4.69, 9.17) is 4.74 Å². The van der Waals surface area contributed by atoms with Gasteiger partial charge < -0.3 is 25.8 Å². The van der Waals surface area contributed by atoms with E-state index >= 15 is 0 Å². The molecule has 1 fully saturated rings. The number of hydrogen-bond donors (Lipinski definition) is 4. The number of aliphatic hydroxyl groups excluding tert-OH is 1. The molecule has 1 aromatic rings. The van der Waals surface area contributed by atoms with E-state index in [2.05, 4.69) is 22.9 Å². The molecule has 0 saturated heterocycles. The first-order valence-electron chi connectivity index (χ1n) is 13.1. The van der Waals surface area contributed by atoms with E-state index in [0.29, 0.717) is 18.8 Å². The van der Waals surface area contributed by atoms with E-state index in [9.17, 15) is 19.5 Å². The molecular weight excluding hydrogens is 458 g/mol. The van der Waals surface area contributed by atoms with Gasteiger partial charge in [-0.3, -0.25) is 9.59 Å². The van der Waals surface area contributed by atoms with E-state index in [0.717, 1.165) is 24.8 Å². The van der Waals surface area contributed by atoms with Crippen molar-refractivity contribution in [3.63, 3.8) is 0 Å². The molecule has 201 valence electrons. The van der Waals surface area contributed by atoms with Crippen LogP contribution in [-0.2, 0) is 20.7 Å². The SMILES string of the molecule is [CH2]CC[C@H](O)[C@H](CC1CCCCC1)NC(=O)CNC(=O)[C@H](Cc1ccccc1)NC(=O)OC(C)(C)C. The van der Waals surface area contributed by atoms with Crippen LogP contribution < -0.4 is 16.0 Å². The van der Waals surface area contributed by atoms with Crippen LogP contribution in [0.2, 0.25) is 0 Å². The molecule has 0 aliphatic heterocycles. The van der Waals surface area contributed by atoms with Crippen molar-refractivity contribution in [2.45, 2.75) is 102 Å². The summed E-state index contributed by atoms with van der Waals surface area (Å²) in [5.74, 6) is -0.378. The van der Waals surface area contributed by atoms with Gasteiger partial charge in [0.2, 0.25) is 11.8 Å². The summed E-state index contributed by atoms with van der Waals surface area (Å²) < 4.78 is 5.31. The Morgan fingerprint density at radius 3 is 2.36 bits per heavy atom. The fourth-order valence-corrected chi connectivity index (χ4v) is 4.56. The molecule has 1 aliphatic rings. The van der Waals surface area contributed by atoms with Crippen molar-refractivity contribution in [2.24, 2.45) is 5.92 Å². The summed E-state index contributed by atoms with van der Waals surface area (Å²) >= 11 is 0. The lowest BCUT2D eigenvalue weighted by Gasteiger charge is -2.30. The molecule has 0 aromatic heterocycles. The zero-order valence-corrected chi connectivity index (χ0v) is 22.1. The van der Waals surface area contributed by atoms with Crippen molar-refractivity contribution in [1.82, 2.24) is 16.0 Å². The lowest BCUT2D eigenvalue weighted by Crippen LogP contribution is -2.52. The van der Waals surface area contributed by atoms with Crippen molar-refractivity contribution < 1.29 is 24.2 Å². The molecule has 1 aromatic carbocycles. The number of alkyl carbamates (subject to hydrolysis) is 1. The predicted octanol–water partition coefficient (Wildman–Crippen LogP) is 3.67. The highest BCUT2D eigenvalue weighted by atomic mass is 16.6. The Morgan fingerprint density at radius 1 is 1.08 bits per heavy atom. The molecule has 3 amide bonds. The van der Waals surface area contributed by atoms with E-state index in [1.54, 1.807) is 20.8 Å². The van der Waals surface area contributed by atoms with E-state index in [-0.39, 0.29) is 24.9 Å². The van der Waals surface area contributed by atoms with Crippen LogP contribution in [0.15, 0.2) is 30.3 Å². The molecule has 8 heteroatoms. The number of ether oxygens (including phenoxy) is 1. The standard InChI is InChI=1S/C28H44N3O5/c1-5-12-24(32)22(17-20-13-8-6-9-14-20)30-25(33)19-29-26(34)23(18-21-15-10-7-11-16-21)31-27(35)36-28(2,3)4/h7,10-11,15-16,20,22-24,32H,1,5-6,8-9,12-14,17-19H2,2-4H3,(H,29,34)(H,30,33)(H,31,35)/t22-,23-,24-/m0/s1. The van der Waals surface area contributed by atoms with Crippen molar-refractivity contribution >= 4 is 17.9 Å². The number of carbonyl (C=O) groups is 3. The Balaban J connectivity index is 1.97. The van der Waals surface area contributed by atoms with Gasteiger partial charge in [-0.05, 0) is 45.1 Å². The van der Waals surface area contributed by atoms with Gasteiger partial charge >= 0.3 is 6.09 Å². The molecule has 3 atom stereocenters. The molecule has 8 nitrogen and oxygen atoms in total. The van der Waals surface area contributed by atoms with Crippen LogP contribution in [0.25, 0.3) is 0 Å². The van der Waals surface area contributed by atoms with Crippen molar-refractivity contribution in [3.05, 3.63) is 42.8 Å². The van der Waals surface area contributed by atoms with Crippen LogP contribution in [0.1, 0.15) is 77.7 Å². The smallest absolute Gasteiger partial charge is 0.408 e. The summed E-state index contributed by atoms with van der Waals surface area (Å²) in [6, 6.07) is 8.03. The third-order valence-corrected chi connectivity index (χ3v) is 6.34. The molecular formula is C28H44N3O5. The Bertz CT molecular complexity index is 818. The van der Waals surface area contributed by atoms with Crippen LogP contribution in [-0.4, -0.2) is 53.3 Å². The summed E-state index contributed by atoms with van der Waals surface area (Å²) in [6.45, 7) is 8.80. The molecule has 0 unspecified atom stereocenters. The first kappa shape index (κ1) is 29.6. The number of nitrogens with one attached hydrogen (secondary N) is 3. The fraction of sp³-hybridized carbons (Fsp3) is 0.643. The molecule has 36 heavy (non-hydrogen) atoms. The maximum Gasteiger partial charge on any atom is 0.408 e. The molecule has 0 heterocycles. The fourth-order valence-electron chi connectivity index (χ4n) is 4.56. The van der Waals surface area contributed by atoms with Crippen LogP contribution in [0.5, 0.6) is 0 Å². The summed E-state index contributed by atoms with van der Waals surface area (Å²) in [4.78, 5) is 38.1. The summed E-state index contributed by atoms with van der Waals surface area (Å²) in [6.07, 6.45) is 6.49. The molecule has 0 bridgehead atoms. The van der Waals surface area contributed by atoms with Gasteiger partial charge in [0.05, 0.1) is 18.7 Å². The normalized spacial score (nSPS) is 16.9. The van der Waals surface area contributed by atoms with Gasteiger partial charge in [0.25, 0.3) is 0 Å². The number of carbonyl (C=O) groups excluding carboxylic acids is 3. The average Bonchev–Trinajstić information content (AvgIpc) is 2.82. The Labute approximate surface area is 215 Å². The van der Waals surface area contributed by atoms with Gasteiger partial charge in [-0.2, -0.15) is 0 Å². The van der Waals surface area contributed by atoms with Gasteiger partial charge in [0.1, 0.15) is 11.6 Å². The Morgan fingerprint density at radius 2 is 1.75 bits per heavy atom. The van der Waals surface area contributed by atoms with Crippen molar-refractivity contribution in [1.29, 1.82) is 0 Å². The van der Waals surface area contributed by atoms with Gasteiger partial charge in [-0.15, -0.1) is 0 Å². The van der Waals surface area contributed by atoms with Crippen molar-refractivity contribution in [2.75, 3.05) is 6.54 Å². The maximum absolute atomic E-state index is 13.0. The highest BCUT2D eigenvalue weighted by molar-refractivity contribution is 5.89. The van der Waals surface area contributed by atoms with Gasteiger partial charge in [-0.1, -0.05) is 75.8 Å². The van der Waals surface area contributed by atoms with E-state index in [1.165, 1.54) is 19.3 Å². The van der Waals surface area contributed by atoms with Crippen molar-refractivity contribution in [3.8, 4) is 0 Å². The largest absolute Gasteiger partial charge is 0.444 e. The monoisotopic (exact) mass is 502 g/mol. The van der Waals surface area contributed by atoms with E-state index < -0.39 is 29.7 Å². The molecule has 1 aliphatic carbocycles. The highest BCUT2D eigenvalue weighted by Gasteiger charge is 2.28. The zero-order chi connectivity index (χ0) is 26.6. The summed E-state index contributed by atoms with van der Waals surface area (Å²) in [7, 11) is 0. The molecule has 4 N–H and O–H groups in total. The first-order chi connectivity index (χ1) is 17.1. The van der Waals surface area contributed by atoms with Gasteiger partial charge in [-0.25, -0.2) is 4.79 Å². The predicted molar refractivity (Wildman–Crippen MR) is 140 cm³/mol. The Kier molecular flexibility index (Phi) is 12.2. The van der Waals surface area contributed by atoms with Crippen LogP contribution in [0.3, 0.4) is 0 Å². The third-order valence-electron chi connectivity index (χ3n) is 6.34. The van der Waals surface area contributed by atoms with Crippen LogP contribution >= 0.6 is 0 Å². The topological polar surface area (TPSA) is 117 Å². The minimum Gasteiger partial charge on any atom is -0.444 e. The maximum atomic E-state index is 13.0. The number of hydrogen-bond acceptors (Lipinski definition) is 5. The minimum absolute atomic E-state index is 0.250. The third kappa shape index (κ3) is 11.4. The first-order valence-corrected chi connectivity index (χ1v) is 13.1. The lowest BCUT2D eigenvalue weighted by molar-refractivity contribution is -0.128. The quantitative estimate of drug-likeness (QED) is 0.348. The second-order valence-electron chi connectivity index (χ2n) is 10.7. The molecule has 1 saturated carbocycles. The summed E-state index contributed by atoms with van der Waals surface area (Å²) in [5.41, 5.74) is 0.155. The van der Waals surface area contributed by atoms with Crippen LogP contribution in [0, 0.1) is 12.8 Å². The molecule has 1 radical (unpaired) electrons. The minimum atomic E-state index is -0.912. The summed E-state index contributed by atoms with van der Waals surface area (Å²) in [5, 5.41) is 18.8. The van der Waals surface area contributed by atoms with Gasteiger partial charge in [0, 0.05) is 6.42 Å². The second kappa shape index (κ2) is 14.8. The second-order valence-corrected chi connectivity index (χ2v) is 10.7. The lowest BCUT2D eigenvalue weighted by atomic mass is 9.83. The highest BCUT2D eigenvalue weighted by Crippen LogP contribution is 2.28. The molecule has 2 rings (SSSR count). The Hall–Kier alpha value is -2.61. The number of aliphatic hydroxyl groups is 1. The van der Waals surface area contributed by atoms with E-state index in [1.807, 2.05) is 30.3 Å².